The Morgan fingerprint density at radius 1 is 1.40 bits per heavy atom. The average Bonchev–Trinajstić information content (AvgIpc) is 2.40. The SMILES string of the molecule is Cc1ccc(NCC2CN(C)CCN2C)c(C(=O)O)c1. The summed E-state index contributed by atoms with van der Waals surface area (Å²) >= 11 is 0. The van der Waals surface area contributed by atoms with Gasteiger partial charge in [0.2, 0.25) is 0 Å². The Bertz CT molecular complexity index is 490. The summed E-state index contributed by atoms with van der Waals surface area (Å²) in [6, 6.07) is 5.90. The molecule has 2 rings (SSSR count). The first-order valence-corrected chi connectivity index (χ1v) is 6.94. The van der Waals surface area contributed by atoms with Gasteiger partial charge in [-0.05, 0) is 33.2 Å². The van der Waals surface area contributed by atoms with Crippen molar-refractivity contribution in [2.24, 2.45) is 0 Å². The summed E-state index contributed by atoms with van der Waals surface area (Å²) in [6.45, 7) is 5.78. The number of carboxylic acid groups (broad SMARTS) is 1. The molecule has 1 fully saturated rings. The predicted octanol–water partition coefficient (Wildman–Crippen LogP) is 1.35. The van der Waals surface area contributed by atoms with Crippen molar-refractivity contribution in [2.75, 3.05) is 45.6 Å². The first-order valence-electron chi connectivity index (χ1n) is 6.94. The fourth-order valence-electron chi connectivity index (χ4n) is 2.54. The van der Waals surface area contributed by atoms with Gasteiger partial charge in [-0.15, -0.1) is 0 Å². The van der Waals surface area contributed by atoms with Crippen LogP contribution in [0.15, 0.2) is 18.2 Å². The van der Waals surface area contributed by atoms with E-state index >= 15 is 0 Å². The maximum atomic E-state index is 11.3. The number of carboxylic acids is 1. The van der Waals surface area contributed by atoms with Gasteiger partial charge in [0.15, 0.2) is 0 Å². The summed E-state index contributed by atoms with van der Waals surface area (Å²) in [4.78, 5) is 15.9. The minimum absolute atomic E-state index is 0.344. The summed E-state index contributed by atoms with van der Waals surface area (Å²) in [5, 5.41) is 12.6. The van der Waals surface area contributed by atoms with Gasteiger partial charge < -0.3 is 15.3 Å². The Balaban J connectivity index is 2.05. The number of nitrogens with one attached hydrogen (secondary N) is 1. The van der Waals surface area contributed by atoms with E-state index in [1.165, 1.54) is 0 Å². The summed E-state index contributed by atoms with van der Waals surface area (Å²) < 4.78 is 0. The van der Waals surface area contributed by atoms with Crippen LogP contribution in [0.1, 0.15) is 15.9 Å². The molecular weight excluding hydrogens is 254 g/mol. The van der Waals surface area contributed by atoms with Crippen molar-refractivity contribution in [1.29, 1.82) is 0 Å². The van der Waals surface area contributed by atoms with Crippen LogP contribution in [-0.4, -0.2) is 67.2 Å². The summed E-state index contributed by atoms with van der Waals surface area (Å²) in [5.74, 6) is -0.884. The molecule has 1 atom stereocenters. The minimum Gasteiger partial charge on any atom is -0.478 e. The summed E-state index contributed by atoms with van der Waals surface area (Å²) in [5.41, 5.74) is 2.00. The van der Waals surface area contributed by atoms with Gasteiger partial charge in [0.25, 0.3) is 0 Å². The number of hydrogen-bond acceptors (Lipinski definition) is 4. The number of likely N-dealkylation sites (N-methyl/N-ethyl adjacent to an activating group) is 2. The van der Waals surface area contributed by atoms with Crippen molar-refractivity contribution in [3.63, 3.8) is 0 Å². The monoisotopic (exact) mass is 277 g/mol. The van der Waals surface area contributed by atoms with Crippen molar-refractivity contribution < 1.29 is 9.90 Å². The van der Waals surface area contributed by atoms with Crippen LogP contribution in [0.3, 0.4) is 0 Å². The highest BCUT2D eigenvalue weighted by molar-refractivity contribution is 5.94. The third kappa shape index (κ3) is 3.49. The molecule has 0 aliphatic carbocycles. The van der Waals surface area contributed by atoms with E-state index in [1.54, 1.807) is 6.07 Å². The number of aromatic carboxylic acids is 1. The molecule has 0 aromatic heterocycles. The maximum absolute atomic E-state index is 11.3. The van der Waals surface area contributed by atoms with Crippen molar-refractivity contribution in [1.82, 2.24) is 9.80 Å². The standard InChI is InChI=1S/C15H23N3O2/c1-11-4-5-14(13(8-11)15(19)20)16-9-12-10-17(2)6-7-18(12)3/h4-5,8,12,16H,6-7,9-10H2,1-3H3,(H,19,20). The van der Waals surface area contributed by atoms with E-state index in [-0.39, 0.29) is 0 Å². The molecule has 110 valence electrons. The topological polar surface area (TPSA) is 55.8 Å². The van der Waals surface area contributed by atoms with Crippen molar-refractivity contribution in [3.05, 3.63) is 29.3 Å². The molecule has 1 heterocycles. The molecule has 20 heavy (non-hydrogen) atoms. The molecule has 1 aliphatic heterocycles. The van der Waals surface area contributed by atoms with Crippen LogP contribution in [-0.2, 0) is 0 Å². The van der Waals surface area contributed by atoms with Gasteiger partial charge >= 0.3 is 5.97 Å². The third-order valence-corrected chi connectivity index (χ3v) is 3.91. The lowest BCUT2D eigenvalue weighted by Crippen LogP contribution is -2.52. The zero-order valence-corrected chi connectivity index (χ0v) is 12.4. The number of aryl methyl sites for hydroxylation is 1. The smallest absolute Gasteiger partial charge is 0.337 e. The molecular formula is C15H23N3O2. The average molecular weight is 277 g/mol. The molecule has 1 aromatic rings. The molecule has 1 aromatic carbocycles. The first-order chi connectivity index (χ1) is 9.47. The quantitative estimate of drug-likeness (QED) is 0.870. The van der Waals surface area contributed by atoms with Crippen LogP contribution in [0, 0.1) is 6.92 Å². The summed E-state index contributed by atoms with van der Waals surface area (Å²) in [6.07, 6.45) is 0. The van der Waals surface area contributed by atoms with E-state index in [0.29, 0.717) is 17.3 Å². The molecule has 0 spiro atoms. The van der Waals surface area contributed by atoms with E-state index < -0.39 is 5.97 Å². The van der Waals surface area contributed by atoms with Crippen LogP contribution < -0.4 is 5.32 Å². The number of piperazine rings is 1. The molecule has 5 nitrogen and oxygen atoms in total. The van der Waals surface area contributed by atoms with Gasteiger partial charge in [0, 0.05) is 37.9 Å². The molecule has 1 aliphatic rings. The minimum atomic E-state index is -0.884. The Kier molecular flexibility index (Phi) is 4.62. The number of carbonyl (C=O) groups is 1. The van der Waals surface area contributed by atoms with Gasteiger partial charge in [0.1, 0.15) is 0 Å². The van der Waals surface area contributed by atoms with E-state index in [2.05, 4.69) is 29.2 Å². The van der Waals surface area contributed by atoms with E-state index in [0.717, 1.165) is 31.7 Å². The number of hydrogen-bond donors (Lipinski definition) is 2. The van der Waals surface area contributed by atoms with Gasteiger partial charge in [-0.2, -0.15) is 0 Å². The number of anilines is 1. The van der Waals surface area contributed by atoms with Crippen LogP contribution >= 0.6 is 0 Å². The maximum Gasteiger partial charge on any atom is 0.337 e. The lowest BCUT2D eigenvalue weighted by atomic mass is 10.1. The van der Waals surface area contributed by atoms with E-state index in [1.807, 2.05) is 19.1 Å². The largest absolute Gasteiger partial charge is 0.478 e. The van der Waals surface area contributed by atoms with Crippen molar-refractivity contribution in [2.45, 2.75) is 13.0 Å². The molecule has 1 unspecified atom stereocenters. The zero-order valence-electron chi connectivity index (χ0n) is 12.4. The first kappa shape index (κ1) is 14.8. The summed E-state index contributed by atoms with van der Waals surface area (Å²) in [7, 11) is 4.24. The molecule has 0 bridgehead atoms. The second kappa shape index (κ2) is 6.24. The molecule has 2 N–H and O–H groups in total. The Morgan fingerprint density at radius 3 is 2.85 bits per heavy atom. The van der Waals surface area contributed by atoms with Gasteiger partial charge in [-0.25, -0.2) is 4.79 Å². The molecule has 0 amide bonds. The number of benzene rings is 1. The van der Waals surface area contributed by atoms with Crippen molar-refractivity contribution >= 4 is 11.7 Å². The van der Waals surface area contributed by atoms with Gasteiger partial charge in [0.05, 0.1) is 5.56 Å². The fraction of sp³-hybridized carbons (Fsp3) is 0.533. The van der Waals surface area contributed by atoms with E-state index in [9.17, 15) is 9.90 Å². The highest BCUT2D eigenvalue weighted by Gasteiger charge is 2.22. The Hall–Kier alpha value is -1.59. The Morgan fingerprint density at radius 2 is 2.15 bits per heavy atom. The van der Waals surface area contributed by atoms with Gasteiger partial charge in [-0.3, -0.25) is 4.90 Å². The molecule has 0 radical (unpaired) electrons. The lowest BCUT2D eigenvalue weighted by Gasteiger charge is -2.38. The van der Waals surface area contributed by atoms with Gasteiger partial charge in [-0.1, -0.05) is 11.6 Å². The fourth-order valence-corrected chi connectivity index (χ4v) is 2.54. The number of rotatable bonds is 4. The zero-order chi connectivity index (χ0) is 14.7. The predicted molar refractivity (Wildman–Crippen MR) is 80.5 cm³/mol. The van der Waals surface area contributed by atoms with Crippen molar-refractivity contribution in [3.8, 4) is 0 Å². The van der Waals surface area contributed by atoms with E-state index in [4.69, 9.17) is 0 Å². The van der Waals surface area contributed by atoms with Crippen LogP contribution in [0.25, 0.3) is 0 Å². The normalized spacial score (nSPS) is 20.9. The third-order valence-electron chi connectivity index (χ3n) is 3.91. The lowest BCUT2D eigenvalue weighted by molar-refractivity contribution is 0.0697. The molecule has 5 heteroatoms. The van der Waals surface area contributed by atoms with Crippen LogP contribution in [0.2, 0.25) is 0 Å². The number of nitrogens with zero attached hydrogens (tertiary/aromatic N) is 2. The highest BCUT2D eigenvalue weighted by atomic mass is 16.4. The molecule has 1 saturated heterocycles. The Labute approximate surface area is 120 Å². The second-order valence-electron chi connectivity index (χ2n) is 5.63. The highest BCUT2D eigenvalue weighted by Crippen LogP contribution is 2.18. The van der Waals surface area contributed by atoms with Crippen LogP contribution in [0.5, 0.6) is 0 Å². The molecule has 0 saturated carbocycles. The second-order valence-corrected chi connectivity index (χ2v) is 5.63. The van der Waals surface area contributed by atoms with Crippen LogP contribution in [0.4, 0.5) is 5.69 Å².